The average Bonchev–Trinajstić information content (AvgIpc) is 3.04. The minimum absolute atomic E-state index is 0.0294. The quantitative estimate of drug-likeness (QED) is 0.0814. The maximum absolute atomic E-state index is 14.3. The molecule has 0 bridgehead atoms. The first-order valence-corrected chi connectivity index (χ1v) is 18.8. The van der Waals surface area contributed by atoms with Crippen LogP contribution < -0.4 is 4.18 Å². The van der Waals surface area contributed by atoms with E-state index in [0.717, 1.165) is 29.3 Å². The van der Waals surface area contributed by atoms with Gasteiger partial charge in [-0.1, -0.05) is 87.0 Å². The Kier molecular flexibility index (Phi) is 9.33. The Morgan fingerprint density at radius 1 is 0.617 bits per heavy atom. The largest absolute Gasteiger partial charge is 0.744 e. The van der Waals surface area contributed by atoms with E-state index in [1.54, 1.807) is 43.3 Å². The zero-order valence-corrected chi connectivity index (χ0v) is 28.5. The number of benzene rings is 5. The molecule has 0 spiro atoms. The summed E-state index contributed by atoms with van der Waals surface area (Å²) in [7, 11) is -12.5. The molecule has 0 aliphatic carbocycles. The van der Waals surface area contributed by atoms with Crippen molar-refractivity contribution in [2.75, 3.05) is 0 Å². The molecule has 0 N–H and O–H groups in total. The molecular formula is C35H33NO8S3. The highest BCUT2D eigenvalue weighted by Crippen LogP contribution is 2.69. The maximum atomic E-state index is 14.3. The number of nitrogens with zero attached hydrogens (tertiary/aromatic N) is 1. The summed E-state index contributed by atoms with van der Waals surface area (Å²) < 4.78 is 74.5. The lowest BCUT2D eigenvalue weighted by molar-refractivity contribution is -0.697. The van der Waals surface area contributed by atoms with Crippen LogP contribution in [0.25, 0.3) is 0 Å². The van der Waals surface area contributed by atoms with Crippen molar-refractivity contribution in [1.82, 2.24) is 0 Å². The Labute approximate surface area is 276 Å². The summed E-state index contributed by atoms with van der Waals surface area (Å²) in [6.45, 7) is 8.02. The smallest absolute Gasteiger partial charge is 0.362 e. The molecule has 0 radical (unpaired) electrons. The molecule has 0 fully saturated rings. The maximum Gasteiger partial charge on any atom is 0.362 e. The molecule has 0 aromatic heterocycles. The number of aryl methyl sites for hydroxylation is 1. The summed E-state index contributed by atoms with van der Waals surface area (Å²) >= 11 is 0. The molecule has 0 aliphatic rings. The predicted molar refractivity (Wildman–Crippen MR) is 178 cm³/mol. The van der Waals surface area contributed by atoms with Crippen LogP contribution >= 0.6 is 10.3 Å². The normalized spacial score (nSPS) is 12.7. The lowest BCUT2D eigenvalue weighted by Gasteiger charge is -2.34. The molecule has 5 aromatic carbocycles. The van der Waals surface area contributed by atoms with Gasteiger partial charge in [-0.2, -0.15) is 12.7 Å². The van der Waals surface area contributed by atoms with Crippen molar-refractivity contribution >= 4 is 36.2 Å². The summed E-state index contributed by atoms with van der Waals surface area (Å²) in [6, 6.07) is 34.2. The van der Waals surface area contributed by atoms with Crippen molar-refractivity contribution in [1.29, 1.82) is 0 Å². The van der Waals surface area contributed by atoms with Gasteiger partial charge < -0.3 is 8.74 Å². The van der Waals surface area contributed by atoms with E-state index < -0.39 is 46.9 Å². The molecule has 0 saturated carbocycles. The van der Waals surface area contributed by atoms with Gasteiger partial charge in [0.15, 0.2) is 0 Å². The van der Waals surface area contributed by atoms with Crippen LogP contribution in [0, 0.1) is 11.8 Å². The Balaban J connectivity index is 1.71. The van der Waals surface area contributed by atoms with Gasteiger partial charge in [0.2, 0.25) is 5.75 Å². The van der Waals surface area contributed by atoms with Crippen molar-refractivity contribution in [3.63, 3.8) is 0 Å². The average molecular weight is 692 g/mol. The molecule has 47 heavy (non-hydrogen) atoms. The summed E-state index contributed by atoms with van der Waals surface area (Å²) in [5, 5.41) is 0. The highest BCUT2D eigenvalue weighted by molar-refractivity contribution is 8.29. The fraction of sp³-hybridized carbons (Fsp3) is 0.143. The second-order valence-electron chi connectivity index (χ2n) is 11.7. The molecule has 0 unspecified atom stereocenters. The fourth-order valence-corrected chi connectivity index (χ4v) is 9.18. The van der Waals surface area contributed by atoms with Gasteiger partial charge in [0, 0.05) is 20.8 Å². The second-order valence-corrected chi connectivity index (χ2v) is 17.3. The Bertz CT molecular complexity index is 2070. The van der Waals surface area contributed by atoms with Crippen LogP contribution in [0.4, 0.5) is 5.69 Å². The van der Waals surface area contributed by atoms with Crippen LogP contribution in [-0.4, -0.2) is 26.3 Å². The van der Waals surface area contributed by atoms with Gasteiger partial charge in [0.1, 0.15) is 15.0 Å². The third-order valence-corrected chi connectivity index (χ3v) is 12.6. The molecule has 5 aromatic rings. The van der Waals surface area contributed by atoms with Gasteiger partial charge in [0.05, 0.1) is 20.1 Å². The molecule has 12 heteroatoms. The van der Waals surface area contributed by atoms with E-state index in [1.807, 2.05) is 60.7 Å². The van der Waals surface area contributed by atoms with Gasteiger partial charge in [-0.25, -0.2) is 8.42 Å². The number of hydrogen-bond acceptors (Lipinski definition) is 8. The highest BCUT2D eigenvalue weighted by Gasteiger charge is 2.43. The third kappa shape index (κ3) is 7.25. The summed E-state index contributed by atoms with van der Waals surface area (Å²) in [5.41, 5.74) is 1.05. The van der Waals surface area contributed by atoms with Gasteiger partial charge in [-0.05, 0) is 78.6 Å². The molecule has 244 valence electrons. The van der Waals surface area contributed by atoms with Crippen molar-refractivity contribution in [2.45, 2.75) is 57.6 Å². The molecule has 0 aliphatic heterocycles. The van der Waals surface area contributed by atoms with Crippen LogP contribution in [0.15, 0.2) is 152 Å². The van der Waals surface area contributed by atoms with E-state index in [9.17, 15) is 26.3 Å². The summed E-state index contributed by atoms with van der Waals surface area (Å²) in [4.78, 5) is 15.3. The molecule has 5 rings (SSSR count). The first kappa shape index (κ1) is 33.9. The van der Waals surface area contributed by atoms with E-state index in [4.69, 9.17) is 8.47 Å². The zero-order chi connectivity index (χ0) is 34.0. The number of rotatable bonds is 10. The third-order valence-electron chi connectivity index (χ3n) is 7.31. The van der Waals surface area contributed by atoms with Crippen LogP contribution in [0.3, 0.4) is 0 Å². The van der Waals surface area contributed by atoms with Crippen molar-refractivity contribution < 1.29 is 34.8 Å². The second kappa shape index (κ2) is 13.0. The topological polar surface area (TPSA) is 130 Å². The zero-order valence-electron chi connectivity index (χ0n) is 26.1. The molecule has 9 nitrogen and oxygen atoms in total. The van der Waals surface area contributed by atoms with Crippen molar-refractivity contribution in [2.24, 2.45) is 0 Å². The van der Waals surface area contributed by atoms with Gasteiger partial charge in [-0.3, -0.25) is 0 Å². The van der Waals surface area contributed by atoms with Crippen molar-refractivity contribution in [3.8, 4) is 5.75 Å². The van der Waals surface area contributed by atoms with E-state index in [0.29, 0.717) is 14.7 Å². The number of hydrogen-bond donors (Lipinski definition) is 0. The van der Waals surface area contributed by atoms with E-state index in [1.165, 1.54) is 12.1 Å². The highest BCUT2D eigenvalue weighted by atomic mass is 32.3. The van der Waals surface area contributed by atoms with Crippen LogP contribution in [-0.2, 0) is 29.9 Å². The molecule has 0 atom stereocenters. The van der Waals surface area contributed by atoms with Crippen LogP contribution in [0.1, 0.15) is 31.9 Å². The summed E-state index contributed by atoms with van der Waals surface area (Å²) in [5.74, 6) is -0.537. The minimum atomic E-state index is -5.06. The monoisotopic (exact) mass is 691 g/mol. The standard InChI is InChI=1S/C35H33NO8S3/c1-26-15-19-31(20-16-26)47(41,42)43-34-24-23-32(46(38,39)40)25-33(34)36(37)44-45(28-11-7-5-8-12-28,29-13-9-6-10-14-29)30-21-17-27(18-22-30)35(2,3)4/h5-25H,1-4H3. The Morgan fingerprint density at radius 2 is 1.09 bits per heavy atom. The van der Waals surface area contributed by atoms with E-state index in [2.05, 4.69) is 20.8 Å². The molecule has 0 saturated heterocycles. The molecule has 0 amide bonds. The lowest BCUT2D eigenvalue weighted by Crippen LogP contribution is -2.16. The molecular weight excluding hydrogens is 659 g/mol. The first-order chi connectivity index (χ1) is 22.1. The van der Waals surface area contributed by atoms with E-state index in [-0.39, 0.29) is 15.2 Å². The minimum Gasteiger partial charge on any atom is -0.744 e. The van der Waals surface area contributed by atoms with Crippen LogP contribution in [0.2, 0.25) is 0 Å². The lowest BCUT2D eigenvalue weighted by atomic mass is 9.87. The molecule has 0 heterocycles. The Hall–Kier alpha value is -4.49. The van der Waals surface area contributed by atoms with Gasteiger partial charge >= 0.3 is 15.8 Å². The summed E-state index contributed by atoms with van der Waals surface area (Å²) in [6.07, 6.45) is 0. The fourth-order valence-electron chi connectivity index (χ4n) is 4.79. The van der Waals surface area contributed by atoms with Crippen LogP contribution in [0.5, 0.6) is 5.75 Å². The van der Waals surface area contributed by atoms with Gasteiger partial charge in [0.25, 0.3) is 4.92 Å². The van der Waals surface area contributed by atoms with E-state index >= 15 is 0 Å². The van der Waals surface area contributed by atoms with Gasteiger partial charge in [-0.15, -0.1) is 0 Å². The first-order valence-electron chi connectivity index (χ1n) is 14.4. The predicted octanol–water partition coefficient (Wildman–Crippen LogP) is 8.20. The van der Waals surface area contributed by atoms with Crippen molar-refractivity contribution in [3.05, 3.63) is 143 Å². The Morgan fingerprint density at radius 3 is 1.57 bits per heavy atom. The SMILES string of the molecule is Cc1ccc(S(=O)(=O)Oc2ccc(S(=O)(=O)[O-])cc2[N+](=O)OS(c2ccccc2)(c2ccccc2)c2ccc(C(C)(C)C)cc2)cc1.